The Morgan fingerprint density at radius 1 is 0.660 bits per heavy atom. The number of carbonyl (C=O) groups is 2. The minimum atomic E-state index is -0.826. The Morgan fingerprint density at radius 3 is 1.90 bits per heavy atom. The molecule has 0 radical (unpaired) electrons. The molecule has 8 nitrogen and oxygen atoms in total. The predicted octanol–water partition coefficient (Wildman–Crippen LogP) is 9.27. The number of rotatable bonds is 15. The average molecular weight is 675 g/mol. The van der Waals surface area contributed by atoms with Crippen molar-refractivity contribution < 1.29 is 38.0 Å². The minimum absolute atomic E-state index is 0.323. The molecule has 0 unspecified atom stereocenters. The summed E-state index contributed by atoms with van der Waals surface area (Å²) in [5.41, 5.74) is 4.39. The van der Waals surface area contributed by atoms with Gasteiger partial charge in [0.15, 0.2) is 6.10 Å². The Kier molecular flexibility index (Phi) is 12.1. The Balaban J connectivity index is 1.48. The molecular formula is C42H42O8. The van der Waals surface area contributed by atoms with Crippen LogP contribution in [0.4, 0.5) is 0 Å². The highest BCUT2D eigenvalue weighted by molar-refractivity contribution is 5.92. The minimum Gasteiger partial charge on any atom is -0.496 e. The summed E-state index contributed by atoms with van der Waals surface area (Å²) in [5.74, 6) is 1.69. The third kappa shape index (κ3) is 9.02. The van der Waals surface area contributed by atoms with Gasteiger partial charge in [0.25, 0.3) is 0 Å². The van der Waals surface area contributed by atoms with Crippen LogP contribution in [0.3, 0.4) is 0 Å². The van der Waals surface area contributed by atoms with Crippen molar-refractivity contribution in [1.29, 1.82) is 0 Å². The molecule has 0 aromatic heterocycles. The summed E-state index contributed by atoms with van der Waals surface area (Å²) in [7, 11) is 4.53. The van der Waals surface area contributed by atoms with E-state index in [1.165, 1.54) is 12.7 Å². The first-order chi connectivity index (χ1) is 24.3. The third-order valence-corrected chi connectivity index (χ3v) is 8.36. The van der Waals surface area contributed by atoms with E-state index < -0.39 is 24.1 Å². The summed E-state index contributed by atoms with van der Waals surface area (Å²) in [6.07, 6.45) is 0.709. The van der Waals surface area contributed by atoms with Crippen molar-refractivity contribution in [2.45, 2.75) is 45.3 Å². The Bertz CT molecular complexity index is 1850. The number of methoxy groups -OCH3 is 3. The van der Waals surface area contributed by atoms with Crippen molar-refractivity contribution in [2.24, 2.45) is 0 Å². The monoisotopic (exact) mass is 674 g/mol. The fourth-order valence-electron chi connectivity index (χ4n) is 5.69. The number of ether oxygens (including phenoxy) is 6. The topological polar surface area (TPSA) is 89.5 Å². The summed E-state index contributed by atoms with van der Waals surface area (Å²) in [5, 5.41) is 0. The molecule has 5 aromatic carbocycles. The molecule has 0 saturated heterocycles. The fourth-order valence-corrected chi connectivity index (χ4v) is 5.69. The van der Waals surface area contributed by atoms with Gasteiger partial charge in [-0.15, -0.1) is 0 Å². The van der Waals surface area contributed by atoms with Crippen molar-refractivity contribution >= 4 is 11.9 Å². The van der Waals surface area contributed by atoms with E-state index in [1.807, 2.05) is 56.3 Å². The zero-order valence-electron chi connectivity index (χ0n) is 29.0. The molecule has 258 valence electrons. The van der Waals surface area contributed by atoms with Crippen LogP contribution in [-0.2, 0) is 15.9 Å². The highest BCUT2D eigenvalue weighted by atomic mass is 16.6. The summed E-state index contributed by atoms with van der Waals surface area (Å²) in [6.45, 7) is 3.83. The molecule has 0 bridgehead atoms. The van der Waals surface area contributed by atoms with Crippen molar-refractivity contribution in [3.8, 4) is 28.7 Å². The quantitative estimate of drug-likeness (QED) is 0.102. The van der Waals surface area contributed by atoms with Crippen LogP contribution in [-0.4, -0.2) is 39.4 Å². The summed E-state index contributed by atoms with van der Waals surface area (Å²) in [4.78, 5) is 26.0. The Labute approximate surface area is 293 Å². The molecule has 2 atom stereocenters. The van der Waals surface area contributed by atoms with Gasteiger partial charge in [-0.25, -0.2) is 9.59 Å². The van der Waals surface area contributed by atoms with Gasteiger partial charge in [-0.1, -0.05) is 54.6 Å². The SMILES string of the molecule is COC(=O)c1ccc(C)cc1Oc1ccc(O[C@@H](CCCc2ccccc2)[C@H](OC(=O)c2ccccc2)c2cc(OC)c(C)c(OC)c2)cc1. The maximum absolute atomic E-state index is 13.6. The van der Waals surface area contributed by atoms with Crippen LogP contribution in [0.5, 0.6) is 28.7 Å². The van der Waals surface area contributed by atoms with Crippen LogP contribution < -0.4 is 18.9 Å². The molecule has 0 saturated carbocycles. The van der Waals surface area contributed by atoms with Crippen LogP contribution >= 0.6 is 0 Å². The van der Waals surface area contributed by atoms with E-state index in [2.05, 4.69) is 12.1 Å². The predicted molar refractivity (Wildman–Crippen MR) is 192 cm³/mol. The van der Waals surface area contributed by atoms with Crippen LogP contribution in [0.25, 0.3) is 0 Å². The Morgan fingerprint density at radius 2 is 1.28 bits per heavy atom. The van der Waals surface area contributed by atoms with Gasteiger partial charge in [-0.05, 0) is 105 Å². The van der Waals surface area contributed by atoms with E-state index in [-0.39, 0.29) is 0 Å². The van der Waals surface area contributed by atoms with E-state index in [9.17, 15) is 9.59 Å². The lowest BCUT2D eigenvalue weighted by Gasteiger charge is -2.29. The van der Waals surface area contributed by atoms with Crippen molar-refractivity contribution in [2.75, 3.05) is 21.3 Å². The second kappa shape index (κ2) is 17.1. The molecule has 5 rings (SSSR count). The van der Waals surface area contributed by atoms with Gasteiger partial charge >= 0.3 is 11.9 Å². The molecule has 0 spiro atoms. The first kappa shape index (κ1) is 35.5. The van der Waals surface area contributed by atoms with E-state index >= 15 is 0 Å². The van der Waals surface area contributed by atoms with Crippen LogP contribution in [0, 0.1) is 13.8 Å². The van der Waals surface area contributed by atoms with E-state index in [0.717, 1.165) is 24.0 Å². The lowest BCUT2D eigenvalue weighted by atomic mass is 9.96. The maximum Gasteiger partial charge on any atom is 0.341 e. The Hall–Kier alpha value is -5.76. The number of aryl methyl sites for hydroxylation is 2. The third-order valence-electron chi connectivity index (χ3n) is 8.36. The highest BCUT2D eigenvalue weighted by Crippen LogP contribution is 2.38. The van der Waals surface area contributed by atoms with Gasteiger partial charge in [0, 0.05) is 11.1 Å². The maximum atomic E-state index is 13.6. The molecule has 50 heavy (non-hydrogen) atoms. The molecule has 0 amide bonds. The van der Waals surface area contributed by atoms with E-state index in [0.29, 0.717) is 51.9 Å². The molecule has 0 heterocycles. The lowest BCUT2D eigenvalue weighted by molar-refractivity contribution is -0.0139. The average Bonchev–Trinajstić information content (AvgIpc) is 3.15. The fraction of sp³-hybridized carbons (Fsp3) is 0.238. The zero-order valence-corrected chi connectivity index (χ0v) is 29.0. The van der Waals surface area contributed by atoms with Gasteiger partial charge in [0.2, 0.25) is 0 Å². The second-order valence-electron chi connectivity index (χ2n) is 11.8. The van der Waals surface area contributed by atoms with Gasteiger partial charge in [0.05, 0.1) is 26.9 Å². The second-order valence-corrected chi connectivity index (χ2v) is 11.8. The largest absolute Gasteiger partial charge is 0.496 e. The normalized spacial score (nSPS) is 11.9. The van der Waals surface area contributed by atoms with Gasteiger partial charge < -0.3 is 28.4 Å². The molecule has 0 N–H and O–H groups in total. The number of hydrogen-bond donors (Lipinski definition) is 0. The van der Waals surface area contributed by atoms with Crippen molar-refractivity contribution in [3.05, 3.63) is 149 Å². The van der Waals surface area contributed by atoms with E-state index in [1.54, 1.807) is 74.9 Å². The van der Waals surface area contributed by atoms with Gasteiger partial charge in [0.1, 0.15) is 40.4 Å². The van der Waals surface area contributed by atoms with Gasteiger partial charge in [-0.2, -0.15) is 0 Å². The lowest BCUT2D eigenvalue weighted by Crippen LogP contribution is -2.30. The number of esters is 2. The zero-order chi connectivity index (χ0) is 35.5. The van der Waals surface area contributed by atoms with Gasteiger partial charge in [-0.3, -0.25) is 0 Å². The number of carbonyl (C=O) groups excluding carboxylic acids is 2. The summed E-state index contributed by atoms with van der Waals surface area (Å²) < 4.78 is 35.5. The molecule has 0 aliphatic rings. The highest BCUT2D eigenvalue weighted by Gasteiger charge is 2.31. The van der Waals surface area contributed by atoms with Crippen LogP contribution in [0.1, 0.15) is 61.9 Å². The smallest absolute Gasteiger partial charge is 0.341 e. The molecular weight excluding hydrogens is 632 g/mol. The molecule has 8 heteroatoms. The van der Waals surface area contributed by atoms with Crippen LogP contribution in [0.2, 0.25) is 0 Å². The molecule has 0 fully saturated rings. The summed E-state index contributed by atoms with van der Waals surface area (Å²) >= 11 is 0. The van der Waals surface area contributed by atoms with Crippen molar-refractivity contribution in [1.82, 2.24) is 0 Å². The summed E-state index contributed by atoms with van der Waals surface area (Å²) in [6, 6.07) is 35.3. The van der Waals surface area contributed by atoms with Crippen molar-refractivity contribution in [3.63, 3.8) is 0 Å². The molecule has 0 aliphatic heterocycles. The first-order valence-corrected chi connectivity index (χ1v) is 16.5. The standard InChI is InChI=1S/C42H42O8/c1-28-19-24-35(42(44)47-5)39(25-28)49-34-22-20-33(21-23-34)48-36(18-12-15-30-13-8-6-9-14-30)40(50-41(43)31-16-10-7-11-17-31)32-26-37(45-3)29(2)38(27-32)46-4/h6-11,13-14,16-17,19-27,36,40H,12,15,18H2,1-5H3/t36-,40+/m0/s1. The van der Waals surface area contributed by atoms with E-state index in [4.69, 9.17) is 28.4 Å². The number of hydrogen-bond acceptors (Lipinski definition) is 8. The number of benzene rings is 5. The first-order valence-electron chi connectivity index (χ1n) is 16.5. The van der Waals surface area contributed by atoms with Crippen LogP contribution in [0.15, 0.2) is 115 Å². The molecule has 5 aromatic rings. The molecule has 0 aliphatic carbocycles.